The number of carboxylic acids is 1. The van der Waals surface area contributed by atoms with Crippen molar-refractivity contribution in [3.05, 3.63) is 11.8 Å². The molecule has 0 spiro atoms. The number of ether oxygens (including phenoxy) is 1. The van der Waals surface area contributed by atoms with Crippen molar-refractivity contribution < 1.29 is 24.9 Å². The first-order valence-electron chi connectivity index (χ1n) is 9.93. The Hall–Kier alpha value is -1.07. The van der Waals surface area contributed by atoms with Gasteiger partial charge in [0.25, 0.3) is 0 Å². The van der Waals surface area contributed by atoms with Gasteiger partial charge in [0, 0.05) is 18.9 Å². The molecule has 2 saturated carbocycles. The van der Waals surface area contributed by atoms with E-state index >= 15 is 0 Å². The van der Waals surface area contributed by atoms with Crippen LogP contribution in [0.1, 0.15) is 71.1 Å². The highest BCUT2D eigenvalue weighted by Gasteiger charge is 2.49. The van der Waals surface area contributed by atoms with Crippen LogP contribution in [0, 0.1) is 17.8 Å². The predicted molar refractivity (Wildman–Crippen MR) is 96.4 cm³/mol. The van der Waals surface area contributed by atoms with Crippen LogP contribution in [0.4, 0.5) is 0 Å². The molecule has 0 aromatic carbocycles. The number of hydrogen-bond donors (Lipinski definition) is 3. The van der Waals surface area contributed by atoms with E-state index < -0.39 is 12.1 Å². The van der Waals surface area contributed by atoms with Crippen molar-refractivity contribution in [2.75, 3.05) is 6.61 Å². The molecule has 2 rings (SSSR count). The number of allylic oxidation sites excluding steroid dienone is 1. The van der Waals surface area contributed by atoms with Crippen molar-refractivity contribution in [2.45, 2.75) is 83.3 Å². The number of fused-ring (bicyclic) bond motifs is 1. The van der Waals surface area contributed by atoms with Gasteiger partial charge in [-0.05, 0) is 56.4 Å². The predicted octanol–water partition coefficient (Wildman–Crippen LogP) is 4.06. The van der Waals surface area contributed by atoms with E-state index in [0.29, 0.717) is 24.7 Å². The van der Waals surface area contributed by atoms with E-state index in [-0.39, 0.29) is 24.4 Å². The van der Waals surface area contributed by atoms with Gasteiger partial charge in [-0.1, -0.05) is 26.2 Å². The zero-order valence-corrected chi connectivity index (χ0v) is 15.4. The summed E-state index contributed by atoms with van der Waals surface area (Å²) in [5.74, 6) is 0.113. The number of aliphatic hydroxyl groups excluding tert-OH is 2. The molecule has 25 heavy (non-hydrogen) atoms. The van der Waals surface area contributed by atoms with Crippen LogP contribution in [0.3, 0.4) is 0 Å². The Morgan fingerprint density at radius 1 is 1.12 bits per heavy atom. The third kappa shape index (κ3) is 6.00. The summed E-state index contributed by atoms with van der Waals surface area (Å²) >= 11 is 0. The van der Waals surface area contributed by atoms with E-state index in [0.717, 1.165) is 32.1 Å². The topological polar surface area (TPSA) is 87.0 Å². The molecule has 2 fully saturated rings. The highest BCUT2D eigenvalue weighted by molar-refractivity contribution is 5.66. The average Bonchev–Trinajstić information content (AvgIpc) is 3.06. The zero-order chi connectivity index (χ0) is 18.2. The van der Waals surface area contributed by atoms with Crippen LogP contribution in [0.2, 0.25) is 0 Å². The molecule has 5 atom stereocenters. The zero-order valence-electron chi connectivity index (χ0n) is 15.4. The van der Waals surface area contributed by atoms with Gasteiger partial charge in [-0.15, -0.1) is 0 Å². The molecule has 5 nitrogen and oxygen atoms in total. The van der Waals surface area contributed by atoms with Crippen molar-refractivity contribution in [1.29, 1.82) is 0 Å². The molecule has 0 radical (unpaired) electrons. The molecule has 0 heterocycles. The van der Waals surface area contributed by atoms with Crippen LogP contribution in [-0.4, -0.2) is 40.1 Å². The van der Waals surface area contributed by atoms with Gasteiger partial charge in [0.15, 0.2) is 0 Å². The SMILES string of the molecule is CCCCCC/C=C(/O)[C@H]1[C@@H]2C[C@H](OCCCC(=O)O)C[C@@H]2C[C@@H]1O. The van der Waals surface area contributed by atoms with Gasteiger partial charge in [-0.25, -0.2) is 0 Å². The summed E-state index contributed by atoms with van der Waals surface area (Å²) in [7, 11) is 0. The molecular weight excluding hydrogens is 320 g/mol. The molecule has 0 aromatic rings. The number of carbonyl (C=O) groups is 1. The smallest absolute Gasteiger partial charge is 0.303 e. The van der Waals surface area contributed by atoms with Crippen LogP contribution in [0.15, 0.2) is 11.8 Å². The molecule has 0 saturated heterocycles. The minimum atomic E-state index is -0.788. The van der Waals surface area contributed by atoms with E-state index in [2.05, 4.69) is 6.92 Å². The number of rotatable bonds is 11. The fourth-order valence-electron chi connectivity index (χ4n) is 4.54. The maximum Gasteiger partial charge on any atom is 0.303 e. The minimum absolute atomic E-state index is 0.135. The summed E-state index contributed by atoms with van der Waals surface area (Å²) < 4.78 is 5.83. The number of aliphatic hydroxyl groups is 2. The largest absolute Gasteiger partial charge is 0.512 e. The van der Waals surface area contributed by atoms with Crippen molar-refractivity contribution in [3.8, 4) is 0 Å². The summed E-state index contributed by atoms with van der Waals surface area (Å²) in [4.78, 5) is 10.5. The van der Waals surface area contributed by atoms with Crippen LogP contribution >= 0.6 is 0 Å². The van der Waals surface area contributed by atoms with Crippen LogP contribution in [-0.2, 0) is 9.53 Å². The van der Waals surface area contributed by atoms with Gasteiger partial charge >= 0.3 is 5.97 Å². The van der Waals surface area contributed by atoms with Gasteiger partial charge in [-0.3, -0.25) is 4.79 Å². The molecular formula is C20H34O5. The Labute approximate surface area is 151 Å². The van der Waals surface area contributed by atoms with Crippen molar-refractivity contribution >= 4 is 5.97 Å². The second-order valence-electron chi connectivity index (χ2n) is 7.69. The van der Waals surface area contributed by atoms with Gasteiger partial charge in [0.05, 0.1) is 18.0 Å². The van der Waals surface area contributed by atoms with E-state index in [1.807, 2.05) is 6.08 Å². The van der Waals surface area contributed by atoms with Gasteiger partial charge in [-0.2, -0.15) is 0 Å². The molecule has 0 bridgehead atoms. The molecule has 0 aromatic heterocycles. The lowest BCUT2D eigenvalue weighted by Gasteiger charge is -2.21. The number of unbranched alkanes of at least 4 members (excludes halogenated alkanes) is 4. The first kappa shape index (κ1) is 20.2. The maximum atomic E-state index is 10.5. The highest BCUT2D eigenvalue weighted by atomic mass is 16.5. The minimum Gasteiger partial charge on any atom is -0.512 e. The number of hydrogen-bond acceptors (Lipinski definition) is 4. The van der Waals surface area contributed by atoms with Crippen LogP contribution < -0.4 is 0 Å². The van der Waals surface area contributed by atoms with E-state index in [1.165, 1.54) is 19.3 Å². The van der Waals surface area contributed by atoms with Crippen molar-refractivity contribution in [2.24, 2.45) is 17.8 Å². The normalized spacial score (nSPS) is 32.1. The lowest BCUT2D eigenvalue weighted by atomic mass is 9.89. The average molecular weight is 354 g/mol. The first-order chi connectivity index (χ1) is 12.0. The molecule has 0 unspecified atom stereocenters. The molecule has 2 aliphatic rings. The molecule has 2 aliphatic carbocycles. The second kappa shape index (κ2) is 10.2. The Morgan fingerprint density at radius 2 is 1.92 bits per heavy atom. The summed E-state index contributed by atoms with van der Waals surface area (Å²) in [6, 6.07) is 0. The van der Waals surface area contributed by atoms with Gasteiger partial charge < -0.3 is 20.1 Å². The third-order valence-corrected chi connectivity index (χ3v) is 5.77. The standard InChI is InChI=1S/C20H34O5/c1-2-3-4-5-6-8-17(21)20-16-13-15(11-14(16)12-18(20)22)25-10-7-9-19(23)24/h8,14-16,18,20-22H,2-7,9-13H2,1H3,(H,23,24)/b17-8+/t14-,15-,16-,18+,20-/m1/s1. The Morgan fingerprint density at radius 3 is 2.64 bits per heavy atom. The van der Waals surface area contributed by atoms with Crippen molar-refractivity contribution in [3.63, 3.8) is 0 Å². The quantitative estimate of drug-likeness (QED) is 0.385. The van der Waals surface area contributed by atoms with Crippen molar-refractivity contribution in [1.82, 2.24) is 0 Å². The summed E-state index contributed by atoms with van der Waals surface area (Å²) in [5.41, 5.74) is 0. The fourth-order valence-corrected chi connectivity index (χ4v) is 4.54. The molecule has 144 valence electrons. The molecule has 3 N–H and O–H groups in total. The van der Waals surface area contributed by atoms with Gasteiger partial charge in [0.2, 0.25) is 0 Å². The Balaban J connectivity index is 1.78. The maximum absolute atomic E-state index is 10.5. The van der Waals surface area contributed by atoms with E-state index in [1.54, 1.807) is 0 Å². The lowest BCUT2D eigenvalue weighted by Crippen LogP contribution is -2.23. The molecule has 5 heteroatoms. The Bertz CT molecular complexity index is 447. The fraction of sp³-hybridized carbons (Fsp3) is 0.850. The van der Waals surface area contributed by atoms with Crippen LogP contribution in [0.25, 0.3) is 0 Å². The van der Waals surface area contributed by atoms with E-state index in [9.17, 15) is 15.0 Å². The second-order valence-corrected chi connectivity index (χ2v) is 7.69. The Kier molecular flexibility index (Phi) is 8.24. The summed E-state index contributed by atoms with van der Waals surface area (Å²) in [5, 5.41) is 29.5. The summed E-state index contributed by atoms with van der Waals surface area (Å²) in [6.45, 7) is 2.66. The number of aliphatic carboxylic acids is 1. The molecule has 0 amide bonds. The van der Waals surface area contributed by atoms with E-state index in [4.69, 9.17) is 9.84 Å². The monoisotopic (exact) mass is 354 g/mol. The summed E-state index contributed by atoms with van der Waals surface area (Å²) in [6.07, 6.45) is 10.4. The number of carboxylic acid groups (broad SMARTS) is 1. The van der Waals surface area contributed by atoms with Gasteiger partial charge in [0.1, 0.15) is 0 Å². The highest BCUT2D eigenvalue weighted by Crippen LogP contribution is 2.50. The molecule has 0 aliphatic heterocycles. The lowest BCUT2D eigenvalue weighted by molar-refractivity contribution is -0.137. The van der Waals surface area contributed by atoms with Crippen LogP contribution in [0.5, 0.6) is 0 Å². The first-order valence-corrected chi connectivity index (χ1v) is 9.93. The third-order valence-electron chi connectivity index (χ3n) is 5.77.